The molecule has 0 spiro atoms. The Hall–Kier alpha value is -3.82. The van der Waals surface area contributed by atoms with E-state index in [2.05, 4.69) is 15.7 Å². The van der Waals surface area contributed by atoms with Gasteiger partial charge >= 0.3 is 0 Å². The fourth-order valence-electron chi connectivity index (χ4n) is 6.24. The Bertz CT molecular complexity index is 1410. The highest BCUT2D eigenvalue weighted by Gasteiger charge is 2.31. The van der Waals surface area contributed by atoms with Crippen LogP contribution in [0.15, 0.2) is 66.7 Å². The molecule has 5 rings (SSSR count). The van der Waals surface area contributed by atoms with E-state index in [9.17, 15) is 14.4 Å². The number of aromatic nitrogens is 2. The summed E-state index contributed by atoms with van der Waals surface area (Å²) >= 11 is 0. The average Bonchev–Trinajstić information content (AvgIpc) is 3.48. The molecule has 0 bridgehead atoms. The molecule has 1 heterocycles. The van der Waals surface area contributed by atoms with Crippen molar-refractivity contribution in [3.8, 4) is 0 Å². The van der Waals surface area contributed by atoms with Gasteiger partial charge in [0.1, 0.15) is 17.9 Å². The zero-order valence-electron chi connectivity index (χ0n) is 26.5. The van der Waals surface area contributed by atoms with E-state index in [1.807, 2.05) is 60.7 Å². The van der Waals surface area contributed by atoms with Crippen molar-refractivity contribution >= 4 is 17.6 Å². The number of carbonyl (C=O) groups is 3. The number of ether oxygens (including phenoxy) is 2. The van der Waals surface area contributed by atoms with Gasteiger partial charge in [0.05, 0.1) is 37.5 Å². The van der Waals surface area contributed by atoms with Gasteiger partial charge in [-0.15, -0.1) is 0 Å². The van der Waals surface area contributed by atoms with Gasteiger partial charge in [0.15, 0.2) is 5.78 Å². The second-order valence-electron chi connectivity index (χ2n) is 12.6. The number of carbonyl (C=O) groups excluding carboxylic acids is 3. The first-order valence-corrected chi connectivity index (χ1v) is 16.4. The quantitative estimate of drug-likeness (QED) is 0.242. The van der Waals surface area contributed by atoms with E-state index in [4.69, 9.17) is 9.47 Å². The van der Waals surface area contributed by atoms with Crippen LogP contribution in [-0.2, 0) is 34.0 Å². The Morgan fingerprint density at radius 3 is 1.82 bits per heavy atom. The molecule has 2 amide bonds. The molecule has 0 unspecified atom stereocenters. The van der Waals surface area contributed by atoms with Gasteiger partial charge in [0, 0.05) is 12.0 Å². The third-order valence-corrected chi connectivity index (χ3v) is 8.76. The maximum atomic E-state index is 13.7. The second kappa shape index (κ2) is 16.0. The van der Waals surface area contributed by atoms with E-state index >= 15 is 0 Å². The molecule has 1 aromatic heterocycles. The first-order valence-electron chi connectivity index (χ1n) is 16.4. The number of nitrogens with one attached hydrogen (secondary N) is 2. The lowest BCUT2D eigenvalue weighted by Crippen LogP contribution is -2.48. The smallest absolute Gasteiger partial charge is 0.269 e. The fraction of sp³-hybridized carbons (Fsp3) is 0.500. The molecule has 45 heavy (non-hydrogen) atoms. The predicted octanol–water partition coefficient (Wildman–Crippen LogP) is 5.62. The number of Topliss-reactive ketones (excluding diaryl/α,β-unsaturated/α-hetero) is 1. The number of hydrogen-bond donors (Lipinski definition) is 2. The van der Waals surface area contributed by atoms with E-state index in [1.54, 1.807) is 13.8 Å². The molecule has 2 N–H and O–H groups in total. The monoisotopic (exact) mass is 614 g/mol. The van der Waals surface area contributed by atoms with E-state index in [1.165, 1.54) is 10.7 Å². The Morgan fingerprint density at radius 2 is 1.29 bits per heavy atom. The minimum atomic E-state index is -0.361. The van der Waals surface area contributed by atoms with E-state index < -0.39 is 0 Å². The standard InChI is InChI=1S/C36H46N4O5/c1-25(2)35(42)30-21-31(36(43)38-29-18-10-12-20-33(29)45-24-27-15-7-4-8-16-27)40(39-30)22-34(41)37-28-17-9-11-19-32(28)44-23-26-13-5-3-6-14-26/h3-8,13-16,21,25,28-29,32-33H,9-12,17-20,22-24H2,1-2H3,(H,37,41)(H,38,43)/t28-,29-,32-,33-/m0/s1. The van der Waals surface area contributed by atoms with Crippen LogP contribution >= 0.6 is 0 Å². The highest BCUT2D eigenvalue weighted by molar-refractivity contribution is 6.00. The van der Waals surface area contributed by atoms with Crippen LogP contribution in [0.4, 0.5) is 0 Å². The zero-order chi connectivity index (χ0) is 31.6. The van der Waals surface area contributed by atoms with Crippen molar-refractivity contribution in [1.82, 2.24) is 20.4 Å². The van der Waals surface area contributed by atoms with Gasteiger partial charge in [-0.1, -0.05) is 100 Å². The average molecular weight is 615 g/mol. The Labute approximate surface area is 266 Å². The van der Waals surface area contributed by atoms with Gasteiger partial charge < -0.3 is 20.1 Å². The van der Waals surface area contributed by atoms with Gasteiger partial charge in [0.2, 0.25) is 5.91 Å². The summed E-state index contributed by atoms with van der Waals surface area (Å²) < 4.78 is 13.9. The first kappa shape index (κ1) is 32.6. The Morgan fingerprint density at radius 1 is 0.778 bits per heavy atom. The molecule has 9 nitrogen and oxygen atoms in total. The van der Waals surface area contributed by atoms with Gasteiger partial charge in [-0.25, -0.2) is 4.68 Å². The summed E-state index contributed by atoms with van der Waals surface area (Å²) in [5.41, 5.74) is 2.56. The number of rotatable bonds is 13. The van der Waals surface area contributed by atoms with Crippen molar-refractivity contribution in [2.75, 3.05) is 0 Å². The van der Waals surface area contributed by atoms with Gasteiger partial charge in [-0.2, -0.15) is 5.10 Å². The largest absolute Gasteiger partial charge is 0.371 e. The molecule has 0 aliphatic heterocycles. The molecule has 0 radical (unpaired) electrons. The van der Waals surface area contributed by atoms with Crippen LogP contribution in [0, 0.1) is 5.92 Å². The van der Waals surface area contributed by atoms with E-state index in [0.29, 0.717) is 13.2 Å². The second-order valence-corrected chi connectivity index (χ2v) is 12.6. The van der Waals surface area contributed by atoms with Crippen LogP contribution in [0.5, 0.6) is 0 Å². The lowest BCUT2D eigenvalue weighted by Gasteiger charge is -2.32. The van der Waals surface area contributed by atoms with Crippen LogP contribution in [-0.4, -0.2) is 51.7 Å². The maximum absolute atomic E-state index is 13.7. The third-order valence-electron chi connectivity index (χ3n) is 8.76. The summed E-state index contributed by atoms with van der Waals surface area (Å²) in [6.45, 7) is 4.38. The highest BCUT2D eigenvalue weighted by atomic mass is 16.5. The Balaban J connectivity index is 1.25. The number of amides is 2. The van der Waals surface area contributed by atoms with Crippen molar-refractivity contribution in [3.63, 3.8) is 0 Å². The number of nitrogens with zero attached hydrogens (tertiary/aromatic N) is 2. The molecule has 240 valence electrons. The molecule has 2 aliphatic carbocycles. The third kappa shape index (κ3) is 9.11. The van der Waals surface area contributed by atoms with Crippen LogP contribution in [0.25, 0.3) is 0 Å². The SMILES string of the molecule is CC(C)C(=O)c1cc(C(=O)N[C@H]2CCCC[C@@H]2OCc2ccccc2)n(CC(=O)N[C@H]2CCCC[C@@H]2OCc2ccccc2)n1. The van der Waals surface area contributed by atoms with Gasteiger partial charge in [-0.05, 0) is 36.8 Å². The predicted molar refractivity (Wildman–Crippen MR) is 172 cm³/mol. The number of benzene rings is 2. The molecule has 0 saturated heterocycles. The van der Waals surface area contributed by atoms with Gasteiger partial charge in [0.25, 0.3) is 5.91 Å². The van der Waals surface area contributed by atoms with E-state index in [-0.39, 0.29) is 65.7 Å². The molecule has 2 saturated carbocycles. The molecule has 2 aromatic carbocycles. The van der Waals surface area contributed by atoms with Crippen molar-refractivity contribution in [2.24, 2.45) is 5.92 Å². The molecule has 2 aliphatic rings. The first-order chi connectivity index (χ1) is 21.9. The highest BCUT2D eigenvalue weighted by Crippen LogP contribution is 2.24. The van der Waals surface area contributed by atoms with Crippen LogP contribution < -0.4 is 10.6 Å². The normalized spacial score (nSPS) is 21.8. The maximum Gasteiger partial charge on any atom is 0.269 e. The van der Waals surface area contributed by atoms with Crippen molar-refractivity contribution < 1.29 is 23.9 Å². The molecule has 3 aromatic rings. The summed E-state index contributed by atoms with van der Waals surface area (Å²) in [5, 5.41) is 10.7. The Kier molecular flexibility index (Phi) is 11.5. The summed E-state index contributed by atoms with van der Waals surface area (Å²) in [7, 11) is 0. The van der Waals surface area contributed by atoms with Crippen molar-refractivity contribution in [1.29, 1.82) is 0 Å². The number of hydrogen-bond acceptors (Lipinski definition) is 6. The molecule has 2 fully saturated rings. The minimum Gasteiger partial charge on any atom is -0.371 e. The van der Waals surface area contributed by atoms with Crippen LogP contribution in [0.3, 0.4) is 0 Å². The lowest BCUT2D eigenvalue weighted by atomic mass is 9.92. The molecule has 4 atom stereocenters. The van der Waals surface area contributed by atoms with E-state index in [0.717, 1.165) is 62.5 Å². The van der Waals surface area contributed by atoms with Gasteiger partial charge in [-0.3, -0.25) is 14.4 Å². The topological polar surface area (TPSA) is 112 Å². The zero-order valence-corrected chi connectivity index (χ0v) is 26.5. The minimum absolute atomic E-state index is 0.0968. The van der Waals surface area contributed by atoms with Crippen molar-refractivity contribution in [3.05, 3.63) is 89.2 Å². The number of ketones is 1. The molecular formula is C36H46N4O5. The fourth-order valence-corrected chi connectivity index (χ4v) is 6.24. The molecule has 9 heteroatoms. The summed E-state index contributed by atoms with van der Waals surface area (Å²) in [6.07, 6.45) is 7.20. The van der Waals surface area contributed by atoms with Crippen LogP contribution in [0.1, 0.15) is 97.3 Å². The molecular weight excluding hydrogens is 568 g/mol. The van der Waals surface area contributed by atoms with Crippen molar-refractivity contribution in [2.45, 2.75) is 109 Å². The summed E-state index contributed by atoms with van der Waals surface area (Å²) in [5.74, 6) is -1.10. The lowest BCUT2D eigenvalue weighted by molar-refractivity contribution is -0.124. The van der Waals surface area contributed by atoms with Crippen LogP contribution in [0.2, 0.25) is 0 Å². The summed E-state index contributed by atoms with van der Waals surface area (Å²) in [6, 6.07) is 21.2. The summed E-state index contributed by atoms with van der Waals surface area (Å²) in [4.78, 5) is 40.0.